The fourth-order valence-electron chi connectivity index (χ4n) is 4.32. The van der Waals surface area contributed by atoms with Gasteiger partial charge >= 0.3 is 5.97 Å². The van der Waals surface area contributed by atoms with E-state index in [-0.39, 0.29) is 16.9 Å². The first-order valence-electron chi connectivity index (χ1n) is 10.3. The summed E-state index contributed by atoms with van der Waals surface area (Å²) in [6.45, 7) is 3.55. The van der Waals surface area contributed by atoms with Crippen molar-refractivity contribution in [3.8, 4) is 11.1 Å². The molecular weight excluding hydrogens is 418 g/mol. The Balaban J connectivity index is 1.73. The molecule has 0 radical (unpaired) electrons. The van der Waals surface area contributed by atoms with E-state index in [0.29, 0.717) is 33.5 Å². The first kappa shape index (κ1) is 20.4. The summed E-state index contributed by atoms with van der Waals surface area (Å²) < 4.78 is 1.81. The van der Waals surface area contributed by atoms with Crippen molar-refractivity contribution in [3.63, 3.8) is 0 Å². The number of benzene rings is 2. The van der Waals surface area contributed by atoms with Gasteiger partial charge in [0.15, 0.2) is 0 Å². The number of rotatable bonds is 4. The summed E-state index contributed by atoms with van der Waals surface area (Å²) in [6, 6.07) is 17.2. The first-order chi connectivity index (χ1) is 15.8. The standard InChI is InChI=1S/C26H19N3O4/c1-14-22(16-6-5-7-18(12-16)26(32)33)21-8-3-4-11-29(21)23(14)24(30)17-9-10-20-19(13-17)25(31)28-15(2)27-20/h3-13H,1-2H3,(H,32,33)(H,27,28,31). The van der Waals surface area contributed by atoms with Crippen LogP contribution in [0.2, 0.25) is 0 Å². The number of aryl methyl sites for hydroxylation is 1. The summed E-state index contributed by atoms with van der Waals surface area (Å²) in [7, 11) is 0. The third-order valence-electron chi connectivity index (χ3n) is 5.79. The number of ketones is 1. The highest BCUT2D eigenvalue weighted by atomic mass is 16.4. The van der Waals surface area contributed by atoms with E-state index in [9.17, 15) is 19.5 Å². The van der Waals surface area contributed by atoms with Gasteiger partial charge in [-0.05, 0) is 67.4 Å². The van der Waals surface area contributed by atoms with Gasteiger partial charge in [0.2, 0.25) is 5.78 Å². The fraction of sp³-hybridized carbons (Fsp3) is 0.0769. The highest BCUT2D eigenvalue weighted by Gasteiger charge is 2.23. The van der Waals surface area contributed by atoms with Gasteiger partial charge in [0.1, 0.15) is 5.82 Å². The molecule has 162 valence electrons. The molecular formula is C26H19N3O4. The quantitative estimate of drug-likeness (QED) is 0.406. The Morgan fingerprint density at radius 3 is 2.58 bits per heavy atom. The molecule has 0 aliphatic rings. The van der Waals surface area contributed by atoms with E-state index >= 15 is 0 Å². The number of hydrogen-bond acceptors (Lipinski definition) is 4. The van der Waals surface area contributed by atoms with Gasteiger partial charge in [0.25, 0.3) is 5.56 Å². The molecule has 0 unspecified atom stereocenters. The Morgan fingerprint density at radius 2 is 1.79 bits per heavy atom. The number of aromatic amines is 1. The molecule has 3 heterocycles. The molecule has 7 heteroatoms. The van der Waals surface area contributed by atoms with Crippen molar-refractivity contribution in [1.29, 1.82) is 0 Å². The number of pyridine rings is 1. The number of nitrogens with zero attached hydrogens (tertiary/aromatic N) is 2. The Labute approximate surface area is 188 Å². The van der Waals surface area contributed by atoms with E-state index in [1.165, 1.54) is 6.07 Å². The Kier molecular flexibility index (Phi) is 4.67. The van der Waals surface area contributed by atoms with Crippen LogP contribution in [0.15, 0.2) is 71.7 Å². The lowest BCUT2D eigenvalue weighted by molar-refractivity contribution is 0.0696. The number of hydrogen-bond donors (Lipinski definition) is 2. The zero-order valence-electron chi connectivity index (χ0n) is 17.9. The topological polar surface area (TPSA) is 105 Å². The van der Waals surface area contributed by atoms with Gasteiger partial charge in [-0.3, -0.25) is 9.59 Å². The molecule has 2 aromatic carbocycles. The summed E-state index contributed by atoms with van der Waals surface area (Å²) in [5.41, 5.74) is 4.25. The number of aromatic nitrogens is 3. The monoisotopic (exact) mass is 437 g/mol. The van der Waals surface area contributed by atoms with Gasteiger partial charge in [-0.2, -0.15) is 0 Å². The largest absolute Gasteiger partial charge is 0.478 e. The second kappa shape index (κ2) is 7.56. The second-order valence-corrected chi connectivity index (χ2v) is 7.90. The highest BCUT2D eigenvalue weighted by Crippen LogP contribution is 2.34. The van der Waals surface area contributed by atoms with Gasteiger partial charge in [0, 0.05) is 17.3 Å². The molecule has 2 N–H and O–H groups in total. The predicted molar refractivity (Wildman–Crippen MR) is 125 cm³/mol. The number of aromatic carboxylic acids is 1. The van der Waals surface area contributed by atoms with Gasteiger partial charge < -0.3 is 14.5 Å². The molecule has 0 aliphatic heterocycles. The van der Waals surface area contributed by atoms with Gasteiger partial charge in [-0.1, -0.05) is 18.2 Å². The van der Waals surface area contributed by atoms with Crippen LogP contribution in [0.3, 0.4) is 0 Å². The molecule has 0 amide bonds. The molecule has 0 bridgehead atoms. The summed E-state index contributed by atoms with van der Waals surface area (Å²) in [5.74, 6) is -0.746. The summed E-state index contributed by atoms with van der Waals surface area (Å²) >= 11 is 0. The van der Waals surface area contributed by atoms with Crippen LogP contribution < -0.4 is 5.56 Å². The van der Waals surface area contributed by atoms with Crippen LogP contribution in [-0.4, -0.2) is 31.2 Å². The Morgan fingerprint density at radius 1 is 0.970 bits per heavy atom. The number of carbonyl (C=O) groups excluding carboxylic acids is 1. The summed E-state index contributed by atoms with van der Waals surface area (Å²) in [5, 5.41) is 9.76. The lowest BCUT2D eigenvalue weighted by Crippen LogP contribution is -2.12. The van der Waals surface area contributed by atoms with E-state index in [0.717, 1.165) is 16.6 Å². The third-order valence-corrected chi connectivity index (χ3v) is 5.79. The van der Waals surface area contributed by atoms with Crippen LogP contribution >= 0.6 is 0 Å². The number of carboxylic acid groups (broad SMARTS) is 1. The second-order valence-electron chi connectivity index (χ2n) is 7.90. The summed E-state index contributed by atoms with van der Waals surface area (Å²) in [4.78, 5) is 44.6. The molecule has 0 aliphatic carbocycles. The average Bonchev–Trinajstić information content (AvgIpc) is 3.10. The molecule has 5 aromatic rings. The van der Waals surface area contributed by atoms with E-state index in [1.54, 1.807) is 43.5 Å². The molecule has 0 spiro atoms. The number of carbonyl (C=O) groups is 2. The molecule has 3 aromatic heterocycles. The molecule has 33 heavy (non-hydrogen) atoms. The van der Waals surface area contributed by atoms with Crippen molar-refractivity contribution >= 4 is 28.2 Å². The van der Waals surface area contributed by atoms with E-state index in [4.69, 9.17) is 0 Å². The number of carboxylic acids is 1. The van der Waals surface area contributed by atoms with Crippen LogP contribution in [0.5, 0.6) is 0 Å². The average molecular weight is 437 g/mol. The molecule has 7 nitrogen and oxygen atoms in total. The molecule has 0 fully saturated rings. The van der Waals surface area contributed by atoms with Gasteiger partial charge in [-0.15, -0.1) is 0 Å². The fourth-order valence-corrected chi connectivity index (χ4v) is 4.32. The SMILES string of the molecule is Cc1nc2ccc(C(=O)c3c(C)c(-c4cccc(C(=O)O)c4)c4ccccn34)cc2c(=O)[nH]1. The van der Waals surface area contributed by atoms with E-state index < -0.39 is 5.97 Å². The van der Waals surface area contributed by atoms with Crippen molar-refractivity contribution in [2.24, 2.45) is 0 Å². The molecule has 0 saturated carbocycles. The van der Waals surface area contributed by atoms with Crippen molar-refractivity contribution < 1.29 is 14.7 Å². The zero-order chi connectivity index (χ0) is 23.3. The maximum atomic E-state index is 13.7. The molecule has 5 rings (SSSR count). The van der Waals surface area contributed by atoms with E-state index in [1.807, 2.05) is 35.6 Å². The molecule has 0 atom stereocenters. The minimum absolute atomic E-state index is 0.173. The van der Waals surface area contributed by atoms with Crippen molar-refractivity contribution in [3.05, 3.63) is 105 Å². The normalized spacial score (nSPS) is 11.2. The van der Waals surface area contributed by atoms with Crippen LogP contribution in [0.25, 0.3) is 27.5 Å². The Hall–Kier alpha value is -4.52. The first-order valence-corrected chi connectivity index (χ1v) is 10.3. The number of fused-ring (bicyclic) bond motifs is 2. The van der Waals surface area contributed by atoms with Crippen molar-refractivity contribution in [1.82, 2.24) is 14.4 Å². The van der Waals surface area contributed by atoms with Crippen molar-refractivity contribution in [2.45, 2.75) is 13.8 Å². The predicted octanol–water partition coefficient (Wildman–Crippen LogP) is 4.39. The molecule has 0 saturated heterocycles. The highest BCUT2D eigenvalue weighted by molar-refractivity contribution is 6.13. The lowest BCUT2D eigenvalue weighted by atomic mass is 9.97. The van der Waals surface area contributed by atoms with Crippen LogP contribution in [-0.2, 0) is 0 Å². The van der Waals surface area contributed by atoms with Crippen molar-refractivity contribution in [2.75, 3.05) is 0 Å². The smallest absolute Gasteiger partial charge is 0.335 e. The van der Waals surface area contributed by atoms with Gasteiger partial charge in [0.05, 0.1) is 27.7 Å². The Bertz CT molecular complexity index is 1660. The number of H-pyrrole nitrogens is 1. The van der Waals surface area contributed by atoms with Crippen LogP contribution in [0, 0.1) is 13.8 Å². The summed E-state index contributed by atoms with van der Waals surface area (Å²) in [6.07, 6.45) is 1.80. The number of nitrogens with one attached hydrogen (secondary N) is 1. The third kappa shape index (κ3) is 3.30. The lowest BCUT2D eigenvalue weighted by Gasteiger charge is -2.06. The zero-order valence-corrected chi connectivity index (χ0v) is 17.9. The minimum Gasteiger partial charge on any atom is -0.478 e. The van der Waals surface area contributed by atoms with Crippen LogP contribution in [0.4, 0.5) is 0 Å². The maximum absolute atomic E-state index is 13.7. The minimum atomic E-state index is -1.01. The van der Waals surface area contributed by atoms with Gasteiger partial charge in [-0.25, -0.2) is 9.78 Å². The maximum Gasteiger partial charge on any atom is 0.335 e. The van der Waals surface area contributed by atoms with Crippen LogP contribution in [0.1, 0.15) is 37.8 Å². The van der Waals surface area contributed by atoms with E-state index in [2.05, 4.69) is 9.97 Å².